The van der Waals surface area contributed by atoms with Gasteiger partial charge in [0.1, 0.15) is 5.76 Å². The van der Waals surface area contributed by atoms with Crippen LogP contribution in [0.4, 0.5) is 23.2 Å². The van der Waals surface area contributed by atoms with E-state index in [9.17, 15) is 27.2 Å². The van der Waals surface area contributed by atoms with Crippen molar-refractivity contribution in [2.24, 2.45) is 0 Å². The second kappa shape index (κ2) is 6.29. The first kappa shape index (κ1) is 17.7. The normalized spacial score (nSPS) is 11.0. The molecule has 3 aromatic rings. The first-order valence-corrected chi connectivity index (χ1v) is 7.39. The molecule has 134 valence electrons. The van der Waals surface area contributed by atoms with Crippen molar-refractivity contribution in [3.8, 4) is 0 Å². The minimum atomic E-state index is -2.04. The molecule has 0 aliphatic rings. The Morgan fingerprint density at radius 2 is 1.65 bits per heavy atom. The third-order valence-electron chi connectivity index (χ3n) is 3.84. The molecule has 0 bridgehead atoms. The number of halogens is 4. The van der Waals surface area contributed by atoms with Gasteiger partial charge < -0.3 is 9.73 Å². The molecule has 1 N–H and O–H groups in total. The average Bonchev–Trinajstić information content (AvgIpc) is 2.95. The first-order chi connectivity index (χ1) is 12.2. The number of rotatable bonds is 3. The molecular weight excluding hydrogens is 354 g/mol. The van der Waals surface area contributed by atoms with Crippen molar-refractivity contribution in [2.75, 3.05) is 5.32 Å². The Morgan fingerprint density at radius 3 is 2.31 bits per heavy atom. The van der Waals surface area contributed by atoms with Gasteiger partial charge in [-0.1, -0.05) is 12.1 Å². The Bertz CT molecular complexity index is 1070. The van der Waals surface area contributed by atoms with Crippen molar-refractivity contribution < 1.29 is 31.6 Å². The Kier molecular flexibility index (Phi) is 4.27. The van der Waals surface area contributed by atoms with Crippen LogP contribution in [0, 0.1) is 30.2 Å². The molecule has 3 rings (SSSR count). The minimum absolute atomic E-state index is 0.208. The lowest BCUT2D eigenvalue weighted by Crippen LogP contribution is -2.13. The summed E-state index contributed by atoms with van der Waals surface area (Å²) in [6.45, 7) is 2.57. The number of benzene rings is 2. The van der Waals surface area contributed by atoms with Crippen LogP contribution in [-0.2, 0) is 0 Å². The molecule has 8 heteroatoms. The van der Waals surface area contributed by atoms with Gasteiger partial charge in [-0.15, -0.1) is 0 Å². The van der Waals surface area contributed by atoms with Gasteiger partial charge >= 0.3 is 0 Å². The molecular formula is C18H11F4NO3. The van der Waals surface area contributed by atoms with Gasteiger partial charge in [0.2, 0.25) is 11.6 Å². The minimum Gasteiger partial charge on any atom is -0.457 e. The molecule has 0 fully saturated rings. The number of amides is 1. The van der Waals surface area contributed by atoms with Crippen molar-refractivity contribution >= 4 is 28.3 Å². The van der Waals surface area contributed by atoms with Gasteiger partial charge in [0.15, 0.2) is 23.0 Å². The lowest BCUT2D eigenvalue weighted by Gasteiger charge is -2.07. The lowest BCUT2D eigenvalue weighted by atomic mass is 10.1. The lowest BCUT2D eigenvalue weighted by molar-refractivity contribution is 0.101. The van der Waals surface area contributed by atoms with Crippen LogP contribution in [-0.4, -0.2) is 11.7 Å². The fourth-order valence-electron chi connectivity index (χ4n) is 2.59. The number of aryl methyl sites for hydroxylation is 1. The number of hydrogen-bond acceptors (Lipinski definition) is 3. The molecule has 1 heterocycles. The van der Waals surface area contributed by atoms with E-state index in [1.54, 1.807) is 0 Å². The second-order valence-corrected chi connectivity index (χ2v) is 5.58. The predicted molar refractivity (Wildman–Crippen MR) is 85.2 cm³/mol. The maximum absolute atomic E-state index is 14.1. The molecule has 0 aliphatic heterocycles. The quantitative estimate of drug-likeness (QED) is 0.315. The molecule has 1 aromatic heterocycles. The number of anilines is 1. The van der Waals surface area contributed by atoms with E-state index in [1.165, 1.54) is 38.1 Å². The smallest absolute Gasteiger partial charge is 0.259 e. The number of nitrogens with one attached hydrogen (secondary N) is 1. The van der Waals surface area contributed by atoms with Crippen molar-refractivity contribution in [3.05, 3.63) is 64.4 Å². The number of carbonyl (C=O) groups excluding carboxylic acids is 2. The maximum atomic E-state index is 14.1. The van der Waals surface area contributed by atoms with Crippen LogP contribution >= 0.6 is 0 Å². The average molecular weight is 365 g/mol. The molecule has 26 heavy (non-hydrogen) atoms. The molecule has 0 saturated carbocycles. The zero-order valence-corrected chi connectivity index (χ0v) is 13.5. The van der Waals surface area contributed by atoms with Crippen LogP contribution in [0.2, 0.25) is 0 Å². The first-order valence-electron chi connectivity index (χ1n) is 7.39. The molecule has 0 aliphatic carbocycles. The van der Waals surface area contributed by atoms with E-state index in [-0.39, 0.29) is 17.2 Å². The molecule has 0 unspecified atom stereocenters. The van der Waals surface area contributed by atoms with Gasteiger partial charge in [-0.25, -0.2) is 13.2 Å². The van der Waals surface area contributed by atoms with E-state index in [2.05, 4.69) is 5.32 Å². The van der Waals surface area contributed by atoms with Gasteiger partial charge in [0, 0.05) is 11.3 Å². The standard InChI is InChI=1S/C18H11F4NO3/c1-7(24)9-4-3-5-10(6-9)23-18(25)11-8(2)26-17-12(11)13(19)14(20)15(21)16(17)22/h3-6H,1-2H3,(H,23,25). The van der Waals surface area contributed by atoms with Crippen LogP contribution in [0.3, 0.4) is 0 Å². The number of hydrogen-bond donors (Lipinski definition) is 1. The summed E-state index contributed by atoms with van der Waals surface area (Å²) in [5.74, 6) is -8.89. The van der Waals surface area contributed by atoms with Crippen LogP contribution in [0.15, 0.2) is 28.7 Å². The summed E-state index contributed by atoms with van der Waals surface area (Å²) in [6.07, 6.45) is 0. The number of ketones is 1. The molecule has 4 nitrogen and oxygen atoms in total. The number of fused-ring (bicyclic) bond motifs is 1. The Morgan fingerprint density at radius 1 is 1.00 bits per heavy atom. The fraction of sp³-hybridized carbons (Fsp3) is 0.111. The Balaban J connectivity index is 2.11. The molecule has 0 radical (unpaired) electrons. The molecule has 1 amide bonds. The molecule has 0 spiro atoms. The highest BCUT2D eigenvalue weighted by Crippen LogP contribution is 2.33. The van der Waals surface area contributed by atoms with E-state index in [1.807, 2.05) is 0 Å². The number of carbonyl (C=O) groups is 2. The third kappa shape index (κ3) is 2.73. The van der Waals surface area contributed by atoms with E-state index in [0.717, 1.165) is 0 Å². The molecule has 0 saturated heterocycles. The van der Waals surface area contributed by atoms with Crippen LogP contribution in [0.5, 0.6) is 0 Å². The highest BCUT2D eigenvalue weighted by molar-refractivity contribution is 6.13. The third-order valence-corrected chi connectivity index (χ3v) is 3.84. The number of Topliss-reactive ketones (excluding diaryl/α,β-unsaturated/α-hetero) is 1. The van der Waals surface area contributed by atoms with Gasteiger partial charge in [0.05, 0.1) is 10.9 Å². The van der Waals surface area contributed by atoms with Gasteiger partial charge in [-0.2, -0.15) is 4.39 Å². The van der Waals surface area contributed by atoms with Crippen molar-refractivity contribution in [3.63, 3.8) is 0 Å². The highest BCUT2D eigenvalue weighted by atomic mass is 19.2. The predicted octanol–water partition coefficient (Wildman–Crippen LogP) is 4.75. The van der Waals surface area contributed by atoms with E-state index >= 15 is 0 Å². The summed E-state index contributed by atoms with van der Waals surface area (Å²) < 4.78 is 59.8. The molecule has 2 aromatic carbocycles. The van der Waals surface area contributed by atoms with Crippen molar-refractivity contribution in [2.45, 2.75) is 13.8 Å². The Labute approximate surface area is 144 Å². The van der Waals surface area contributed by atoms with Gasteiger partial charge in [0.25, 0.3) is 5.91 Å². The van der Waals surface area contributed by atoms with Crippen LogP contribution in [0.1, 0.15) is 33.4 Å². The van der Waals surface area contributed by atoms with Gasteiger partial charge in [-0.3, -0.25) is 9.59 Å². The van der Waals surface area contributed by atoms with Crippen molar-refractivity contribution in [1.82, 2.24) is 0 Å². The van der Waals surface area contributed by atoms with Gasteiger partial charge in [-0.05, 0) is 26.0 Å². The van der Waals surface area contributed by atoms with Crippen molar-refractivity contribution in [1.29, 1.82) is 0 Å². The van der Waals surface area contributed by atoms with E-state index in [0.29, 0.717) is 5.56 Å². The topological polar surface area (TPSA) is 59.3 Å². The number of furan rings is 1. The van der Waals surface area contributed by atoms with Crippen LogP contribution in [0.25, 0.3) is 11.0 Å². The zero-order chi connectivity index (χ0) is 19.2. The largest absolute Gasteiger partial charge is 0.457 e. The highest BCUT2D eigenvalue weighted by Gasteiger charge is 2.29. The zero-order valence-electron chi connectivity index (χ0n) is 13.5. The van der Waals surface area contributed by atoms with E-state index < -0.39 is 45.7 Å². The fourth-order valence-corrected chi connectivity index (χ4v) is 2.59. The summed E-state index contributed by atoms with van der Waals surface area (Å²) in [4.78, 5) is 23.9. The summed E-state index contributed by atoms with van der Waals surface area (Å²) in [5.41, 5.74) is -0.827. The summed E-state index contributed by atoms with van der Waals surface area (Å²) in [5, 5.41) is 1.60. The Hall–Kier alpha value is -3.16. The maximum Gasteiger partial charge on any atom is 0.259 e. The van der Waals surface area contributed by atoms with Crippen LogP contribution < -0.4 is 5.32 Å². The summed E-state index contributed by atoms with van der Waals surface area (Å²) in [6, 6.07) is 5.90. The monoisotopic (exact) mass is 365 g/mol. The van der Waals surface area contributed by atoms with E-state index in [4.69, 9.17) is 4.42 Å². The summed E-state index contributed by atoms with van der Waals surface area (Å²) >= 11 is 0. The SMILES string of the molecule is CC(=O)c1cccc(NC(=O)c2c(C)oc3c(F)c(F)c(F)c(F)c23)c1. The molecule has 0 atom stereocenters. The second-order valence-electron chi connectivity index (χ2n) is 5.58. The summed E-state index contributed by atoms with van der Waals surface area (Å²) in [7, 11) is 0.